The number of hydrogen-bond donors (Lipinski definition) is 1. The molecule has 1 aliphatic heterocycles. The molecule has 3 aliphatic rings. The SMILES string of the molecule is O=S(=O)(Oc1cccc2c1C13CCCCC1C(C2)NCC3)C(F)(F)F. The third-order valence-electron chi connectivity index (χ3n) is 6.09. The van der Waals surface area contributed by atoms with Crippen molar-refractivity contribution in [3.8, 4) is 5.75 Å². The third kappa shape index (κ3) is 2.56. The van der Waals surface area contributed by atoms with Crippen molar-refractivity contribution >= 4 is 10.1 Å². The van der Waals surface area contributed by atoms with Gasteiger partial charge in [0.05, 0.1) is 0 Å². The Bertz CT molecular complexity index is 789. The smallest absolute Gasteiger partial charge is 0.376 e. The van der Waals surface area contributed by atoms with Crippen molar-refractivity contribution in [2.45, 2.75) is 55.5 Å². The molecule has 4 rings (SSSR count). The molecule has 0 spiro atoms. The maximum Gasteiger partial charge on any atom is 0.534 e. The number of piperidine rings is 1. The van der Waals surface area contributed by atoms with E-state index in [2.05, 4.69) is 9.50 Å². The van der Waals surface area contributed by atoms with E-state index in [1.165, 1.54) is 6.07 Å². The summed E-state index contributed by atoms with van der Waals surface area (Å²) in [5.41, 5.74) is -4.10. The molecule has 4 nitrogen and oxygen atoms in total. The topological polar surface area (TPSA) is 55.4 Å². The maximum absolute atomic E-state index is 12.8. The van der Waals surface area contributed by atoms with Gasteiger partial charge >= 0.3 is 15.6 Å². The number of benzene rings is 1. The van der Waals surface area contributed by atoms with Crippen molar-refractivity contribution in [2.75, 3.05) is 6.54 Å². The van der Waals surface area contributed by atoms with E-state index < -0.39 is 15.6 Å². The van der Waals surface area contributed by atoms with Crippen LogP contribution in [0, 0.1) is 5.92 Å². The normalized spacial score (nSPS) is 31.8. The molecule has 1 aromatic rings. The van der Waals surface area contributed by atoms with Crippen LogP contribution in [0.3, 0.4) is 0 Å². The molecule has 0 amide bonds. The number of alkyl halides is 3. The first-order chi connectivity index (χ1) is 11.7. The van der Waals surface area contributed by atoms with E-state index in [-0.39, 0.29) is 11.2 Å². The van der Waals surface area contributed by atoms with Gasteiger partial charge in [-0.3, -0.25) is 0 Å². The van der Waals surface area contributed by atoms with Crippen LogP contribution in [0.15, 0.2) is 18.2 Å². The zero-order valence-electron chi connectivity index (χ0n) is 13.6. The first kappa shape index (κ1) is 17.1. The maximum atomic E-state index is 12.8. The third-order valence-corrected chi connectivity index (χ3v) is 7.06. The highest BCUT2D eigenvalue weighted by Gasteiger charge is 2.54. The highest BCUT2D eigenvalue weighted by atomic mass is 32.2. The molecule has 1 heterocycles. The van der Waals surface area contributed by atoms with Crippen LogP contribution in [-0.4, -0.2) is 26.5 Å². The molecule has 0 radical (unpaired) electrons. The van der Waals surface area contributed by atoms with Crippen LogP contribution in [0.4, 0.5) is 13.2 Å². The van der Waals surface area contributed by atoms with Crippen molar-refractivity contribution in [2.24, 2.45) is 5.92 Å². The van der Waals surface area contributed by atoms with Gasteiger partial charge in [-0.2, -0.15) is 21.6 Å². The van der Waals surface area contributed by atoms with Crippen molar-refractivity contribution in [3.63, 3.8) is 0 Å². The molecule has 1 N–H and O–H groups in total. The van der Waals surface area contributed by atoms with E-state index in [1.807, 2.05) is 6.07 Å². The van der Waals surface area contributed by atoms with Crippen LogP contribution in [0.2, 0.25) is 0 Å². The molecule has 3 unspecified atom stereocenters. The molecular weight excluding hydrogens is 355 g/mol. The predicted octanol–water partition coefficient (Wildman–Crippen LogP) is 3.26. The Hall–Kier alpha value is -1.28. The Balaban J connectivity index is 1.85. The summed E-state index contributed by atoms with van der Waals surface area (Å²) in [6.07, 6.45) is 5.48. The second-order valence-corrected chi connectivity index (χ2v) is 8.83. The molecule has 1 aromatic carbocycles. The zero-order valence-corrected chi connectivity index (χ0v) is 14.4. The summed E-state index contributed by atoms with van der Waals surface area (Å²) in [4.78, 5) is 0. The molecule has 2 bridgehead atoms. The summed E-state index contributed by atoms with van der Waals surface area (Å²) < 4.78 is 66.2. The van der Waals surface area contributed by atoms with E-state index in [1.54, 1.807) is 6.07 Å². The van der Waals surface area contributed by atoms with E-state index in [4.69, 9.17) is 0 Å². The van der Waals surface area contributed by atoms with Crippen LogP contribution in [-0.2, 0) is 22.0 Å². The fourth-order valence-corrected chi connectivity index (χ4v) is 5.69. The first-order valence-electron chi connectivity index (χ1n) is 8.61. The van der Waals surface area contributed by atoms with Crippen LogP contribution in [0.1, 0.15) is 43.2 Å². The van der Waals surface area contributed by atoms with Crippen molar-refractivity contribution in [3.05, 3.63) is 29.3 Å². The van der Waals surface area contributed by atoms with Gasteiger partial charge in [0.15, 0.2) is 0 Å². The molecule has 2 fully saturated rings. The Kier molecular flexibility index (Phi) is 3.85. The molecule has 8 heteroatoms. The molecule has 25 heavy (non-hydrogen) atoms. The molecule has 1 saturated carbocycles. The second-order valence-electron chi connectivity index (χ2n) is 7.30. The monoisotopic (exact) mass is 375 g/mol. The second kappa shape index (κ2) is 5.61. The summed E-state index contributed by atoms with van der Waals surface area (Å²) in [6.45, 7) is 0.793. The zero-order chi connectivity index (χ0) is 17.9. The fraction of sp³-hybridized carbons (Fsp3) is 0.647. The molecule has 0 aromatic heterocycles. The van der Waals surface area contributed by atoms with Gasteiger partial charge in [-0.25, -0.2) is 0 Å². The largest absolute Gasteiger partial charge is 0.534 e. The summed E-state index contributed by atoms with van der Waals surface area (Å²) >= 11 is 0. The quantitative estimate of drug-likeness (QED) is 0.637. The minimum absolute atomic E-state index is 0.137. The van der Waals surface area contributed by atoms with Crippen molar-refractivity contribution in [1.29, 1.82) is 0 Å². The van der Waals surface area contributed by atoms with E-state index in [0.717, 1.165) is 44.2 Å². The summed E-state index contributed by atoms with van der Waals surface area (Å²) in [7, 11) is -5.67. The minimum atomic E-state index is -5.67. The average Bonchev–Trinajstić information content (AvgIpc) is 2.53. The fourth-order valence-electron chi connectivity index (χ4n) is 5.22. The first-order valence-corrected chi connectivity index (χ1v) is 10.0. The lowest BCUT2D eigenvalue weighted by molar-refractivity contribution is -0.0501. The number of rotatable bonds is 2. The van der Waals surface area contributed by atoms with Gasteiger partial charge < -0.3 is 9.50 Å². The van der Waals surface area contributed by atoms with Gasteiger partial charge in [-0.1, -0.05) is 25.0 Å². The average molecular weight is 375 g/mol. The molecule has 3 atom stereocenters. The van der Waals surface area contributed by atoms with Gasteiger partial charge in [0.25, 0.3) is 0 Å². The number of nitrogens with one attached hydrogen (secondary N) is 1. The lowest BCUT2D eigenvalue weighted by Gasteiger charge is -2.56. The van der Waals surface area contributed by atoms with Crippen LogP contribution in [0.5, 0.6) is 5.75 Å². The van der Waals surface area contributed by atoms with Gasteiger partial charge in [0, 0.05) is 17.0 Å². The highest BCUT2D eigenvalue weighted by molar-refractivity contribution is 7.88. The van der Waals surface area contributed by atoms with Gasteiger partial charge in [-0.15, -0.1) is 0 Å². The van der Waals surface area contributed by atoms with Gasteiger partial charge in [0.2, 0.25) is 0 Å². The Morgan fingerprint density at radius 2 is 2.00 bits per heavy atom. The standard InChI is InChI=1S/C17H20F3NO3S/c18-17(19,20)25(22,23)24-14-6-3-4-11-10-13-12-5-1-2-7-16(12,15(11)14)8-9-21-13/h3-4,6,12-13,21H,1-2,5,7-10H2. The van der Waals surface area contributed by atoms with Crippen LogP contribution in [0.25, 0.3) is 0 Å². The predicted molar refractivity (Wildman–Crippen MR) is 85.8 cm³/mol. The highest BCUT2D eigenvalue weighted by Crippen LogP contribution is 2.56. The summed E-state index contributed by atoms with van der Waals surface area (Å²) in [5, 5.41) is 3.54. The van der Waals surface area contributed by atoms with Crippen molar-refractivity contribution < 1.29 is 25.8 Å². The van der Waals surface area contributed by atoms with Gasteiger partial charge in [-0.05, 0) is 49.8 Å². The molecule has 2 aliphatic carbocycles. The van der Waals surface area contributed by atoms with Crippen molar-refractivity contribution in [1.82, 2.24) is 5.32 Å². The lowest BCUT2D eigenvalue weighted by Crippen LogP contribution is -2.59. The van der Waals surface area contributed by atoms with E-state index in [9.17, 15) is 21.6 Å². The lowest BCUT2D eigenvalue weighted by atomic mass is 9.52. The molecule has 138 valence electrons. The van der Waals surface area contributed by atoms with Crippen LogP contribution >= 0.6 is 0 Å². The Morgan fingerprint density at radius 1 is 1.20 bits per heavy atom. The number of fused-ring (bicyclic) bond motifs is 1. The Labute approximate surface area is 144 Å². The summed E-state index contributed by atoms with van der Waals surface area (Å²) in [6, 6.07) is 5.13. The van der Waals surface area contributed by atoms with Gasteiger partial charge in [0.1, 0.15) is 5.75 Å². The minimum Gasteiger partial charge on any atom is -0.376 e. The van der Waals surface area contributed by atoms with E-state index in [0.29, 0.717) is 23.9 Å². The van der Waals surface area contributed by atoms with Crippen LogP contribution < -0.4 is 9.50 Å². The van der Waals surface area contributed by atoms with E-state index >= 15 is 0 Å². The number of hydrogen-bond acceptors (Lipinski definition) is 4. The Morgan fingerprint density at radius 3 is 2.76 bits per heavy atom. The number of halogens is 3. The molecular formula is C17H20F3NO3S. The summed E-state index contributed by atoms with van der Waals surface area (Å²) in [5.74, 6) is 0.183. The molecule has 1 saturated heterocycles.